The second-order valence-electron chi connectivity index (χ2n) is 3.93. The molecule has 0 fully saturated rings. The van der Waals surface area contributed by atoms with Gasteiger partial charge in [-0.2, -0.15) is 0 Å². The van der Waals surface area contributed by atoms with E-state index in [2.05, 4.69) is 5.10 Å². The molecule has 1 unspecified atom stereocenters. The molecular formula is C12H14N2O2. The summed E-state index contributed by atoms with van der Waals surface area (Å²) < 4.78 is 5.21. The number of hydrogen-bond donors (Lipinski definition) is 0. The summed E-state index contributed by atoms with van der Waals surface area (Å²) >= 11 is 0. The summed E-state index contributed by atoms with van der Waals surface area (Å²) in [5.41, 5.74) is 0.0926. The van der Waals surface area contributed by atoms with E-state index < -0.39 is 5.41 Å². The normalized spacial score (nSPS) is 24.6. The number of ether oxygens (including phenoxy) is 1. The van der Waals surface area contributed by atoms with E-state index in [0.717, 1.165) is 5.56 Å². The Morgan fingerprint density at radius 1 is 1.31 bits per heavy atom. The first-order chi connectivity index (χ1) is 7.60. The second kappa shape index (κ2) is 3.63. The number of hydrogen-bond acceptors (Lipinski definition) is 3. The van der Waals surface area contributed by atoms with Crippen molar-refractivity contribution in [2.45, 2.75) is 12.3 Å². The van der Waals surface area contributed by atoms with E-state index in [4.69, 9.17) is 4.74 Å². The number of amides is 1. The number of methoxy groups -OCH3 is 1. The monoisotopic (exact) mass is 218 g/mol. The minimum Gasteiger partial charge on any atom is -0.482 e. The summed E-state index contributed by atoms with van der Waals surface area (Å²) in [6.45, 7) is 1.83. The van der Waals surface area contributed by atoms with Crippen LogP contribution in [0.3, 0.4) is 0 Å². The van der Waals surface area contributed by atoms with E-state index >= 15 is 0 Å². The van der Waals surface area contributed by atoms with Crippen molar-refractivity contribution in [1.82, 2.24) is 5.01 Å². The van der Waals surface area contributed by atoms with Gasteiger partial charge in [-0.05, 0) is 12.5 Å². The van der Waals surface area contributed by atoms with Crippen LogP contribution in [-0.4, -0.2) is 31.0 Å². The van der Waals surface area contributed by atoms with Crippen molar-refractivity contribution in [1.29, 1.82) is 0 Å². The molecule has 2 rings (SSSR count). The van der Waals surface area contributed by atoms with E-state index in [0.29, 0.717) is 5.90 Å². The lowest BCUT2D eigenvalue weighted by Gasteiger charge is -2.22. The van der Waals surface area contributed by atoms with Gasteiger partial charge in [0.1, 0.15) is 0 Å². The summed E-state index contributed by atoms with van der Waals surface area (Å²) in [6.07, 6.45) is 0. The molecule has 1 amide bonds. The third-order valence-corrected chi connectivity index (χ3v) is 2.93. The highest BCUT2D eigenvalue weighted by Crippen LogP contribution is 2.32. The Morgan fingerprint density at radius 2 is 1.94 bits per heavy atom. The van der Waals surface area contributed by atoms with Gasteiger partial charge in [0.2, 0.25) is 5.90 Å². The van der Waals surface area contributed by atoms with Gasteiger partial charge in [0.05, 0.1) is 7.11 Å². The number of rotatable bonds is 1. The van der Waals surface area contributed by atoms with Crippen LogP contribution in [0.4, 0.5) is 0 Å². The minimum atomic E-state index is -0.801. The number of carbonyl (C=O) groups is 1. The zero-order chi connectivity index (χ0) is 11.8. The van der Waals surface area contributed by atoms with E-state index in [1.807, 2.05) is 37.3 Å². The Labute approximate surface area is 94.5 Å². The first-order valence-corrected chi connectivity index (χ1v) is 5.07. The van der Waals surface area contributed by atoms with Crippen molar-refractivity contribution >= 4 is 11.8 Å². The van der Waals surface area contributed by atoms with Crippen LogP contribution in [0.5, 0.6) is 0 Å². The third-order valence-electron chi connectivity index (χ3n) is 2.93. The average Bonchev–Trinajstić information content (AvgIpc) is 2.55. The topological polar surface area (TPSA) is 41.9 Å². The molecule has 0 saturated carbocycles. The van der Waals surface area contributed by atoms with Crippen LogP contribution in [-0.2, 0) is 14.9 Å². The molecule has 0 aromatic heterocycles. The smallest absolute Gasteiger partial charge is 0.262 e. The lowest BCUT2D eigenvalue weighted by Crippen LogP contribution is -2.40. The van der Waals surface area contributed by atoms with E-state index in [-0.39, 0.29) is 5.91 Å². The van der Waals surface area contributed by atoms with Crippen LogP contribution in [0.25, 0.3) is 0 Å². The summed E-state index contributed by atoms with van der Waals surface area (Å²) in [7, 11) is 3.17. The highest BCUT2D eigenvalue weighted by atomic mass is 16.5. The molecule has 0 spiro atoms. The van der Waals surface area contributed by atoms with Gasteiger partial charge in [-0.1, -0.05) is 30.3 Å². The minimum absolute atomic E-state index is 0.0736. The fraction of sp³-hybridized carbons (Fsp3) is 0.333. The van der Waals surface area contributed by atoms with Gasteiger partial charge in [0, 0.05) is 7.05 Å². The average molecular weight is 218 g/mol. The van der Waals surface area contributed by atoms with Crippen molar-refractivity contribution < 1.29 is 9.53 Å². The maximum atomic E-state index is 12.1. The predicted octanol–water partition coefficient (Wildman–Crippen LogP) is 1.38. The summed E-state index contributed by atoms with van der Waals surface area (Å²) in [6, 6.07) is 9.54. The highest BCUT2D eigenvalue weighted by Gasteiger charge is 2.48. The van der Waals surface area contributed by atoms with E-state index in [1.54, 1.807) is 7.05 Å². The maximum Gasteiger partial charge on any atom is 0.262 e. The molecule has 84 valence electrons. The predicted molar refractivity (Wildman–Crippen MR) is 61.0 cm³/mol. The zero-order valence-electron chi connectivity index (χ0n) is 9.60. The van der Waals surface area contributed by atoms with Crippen LogP contribution in [0.2, 0.25) is 0 Å². The summed E-state index contributed by atoms with van der Waals surface area (Å²) in [4.78, 5) is 12.1. The largest absolute Gasteiger partial charge is 0.482 e. The van der Waals surface area contributed by atoms with Crippen molar-refractivity contribution in [3.63, 3.8) is 0 Å². The molecule has 0 saturated heterocycles. The van der Waals surface area contributed by atoms with Gasteiger partial charge in [-0.15, -0.1) is 5.10 Å². The molecule has 1 aliphatic heterocycles. The number of carbonyl (C=O) groups excluding carboxylic acids is 1. The van der Waals surface area contributed by atoms with E-state index in [9.17, 15) is 4.79 Å². The van der Waals surface area contributed by atoms with Crippen molar-refractivity contribution in [3.8, 4) is 0 Å². The van der Waals surface area contributed by atoms with Crippen LogP contribution >= 0.6 is 0 Å². The highest BCUT2D eigenvalue weighted by molar-refractivity contribution is 6.13. The van der Waals surface area contributed by atoms with Crippen molar-refractivity contribution in [2.24, 2.45) is 5.10 Å². The molecule has 1 aliphatic rings. The fourth-order valence-electron chi connectivity index (χ4n) is 1.96. The molecule has 1 aromatic carbocycles. The molecule has 0 aliphatic carbocycles. The molecule has 1 atom stereocenters. The molecule has 0 radical (unpaired) electrons. The van der Waals surface area contributed by atoms with Crippen LogP contribution in [0, 0.1) is 0 Å². The number of likely N-dealkylation sites (N-methyl/N-ethyl adjacent to an activating group) is 1. The molecule has 4 nitrogen and oxygen atoms in total. The Morgan fingerprint density at radius 3 is 2.50 bits per heavy atom. The van der Waals surface area contributed by atoms with Gasteiger partial charge in [-0.25, -0.2) is 5.01 Å². The molecular weight excluding hydrogens is 204 g/mol. The fourth-order valence-corrected chi connectivity index (χ4v) is 1.96. The molecule has 0 bridgehead atoms. The van der Waals surface area contributed by atoms with Gasteiger partial charge in [0.25, 0.3) is 5.91 Å². The Bertz CT molecular complexity index is 442. The SMILES string of the molecule is COC1=NN(C)C(=O)C1(C)c1ccccc1. The molecule has 1 heterocycles. The van der Waals surface area contributed by atoms with Crippen LogP contribution in [0.1, 0.15) is 12.5 Å². The Balaban J connectivity index is 2.53. The Hall–Kier alpha value is -1.84. The van der Waals surface area contributed by atoms with Gasteiger partial charge in [-0.3, -0.25) is 4.79 Å². The number of benzene rings is 1. The van der Waals surface area contributed by atoms with Crippen molar-refractivity contribution in [2.75, 3.05) is 14.2 Å². The second-order valence-corrected chi connectivity index (χ2v) is 3.93. The summed E-state index contributed by atoms with van der Waals surface area (Å²) in [5, 5.41) is 5.42. The quantitative estimate of drug-likeness (QED) is 0.714. The maximum absolute atomic E-state index is 12.1. The number of hydrazone groups is 1. The van der Waals surface area contributed by atoms with Crippen LogP contribution in [0.15, 0.2) is 35.4 Å². The standard InChI is InChI=1S/C12H14N2O2/c1-12(9-7-5-4-6-8-9)10(16-3)13-14(2)11(12)15/h4-8H,1-3H3. The number of nitrogens with zero attached hydrogens (tertiary/aromatic N) is 2. The van der Waals surface area contributed by atoms with E-state index in [1.165, 1.54) is 12.1 Å². The third kappa shape index (κ3) is 1.30. The van der Waals surface area contributed by atoms with Gasteiger partial charge in [0.15, 0.2) is 5.41 Å². The molecule has 16 heavy (non-hydrogen) atoms. The zero-order valence-corrected chi connectivity index (χ0v) is 9.60. The van der Waals surface area contributed by atoms with Gasteiger partial charge < -0.3 is 4.74 Å². The molecule has 4 heteroatoms. The Kier molecular flexibility index (Phi) is 2.42. The molecule has 0 N–H and O–H groups in total. The van der Waals surface area contributed by atoms with Crippen LogP contribution < -0.4 is 0 Å². The lowest BCUT2D eigenvalue weighted by molar-refractivity contribution is -0.131. The lowest BCUT2D eigenvalue weighted by atomic mass is 9.82. The molecule has 1 aromatic rings. The summed E-state index contributed by atoms with van der Waals surface area (Å²) in [5.74, 6) is 0.363. The first-order valence-electron chi connectivity index (χ1n) is 5.07. The first kappa shape index (κ1) is 10.7. The van der Waals surface area contributed by atoms with Crippen molar-refractivity contribution in [3.05, 3.63) is 35.9 Å². The van der Waals surface area contributed by atoms with Gasteiger partial charge >= 0.3 is 0 Å².